The van der Waals surface area contributed by atoms with Crippen molar-refractivity contribution in [2.75, 3.05) is 5.32 Å². The number of hydrogen-bond acceptors (Lipinski definition) is 6. The average Bonchev–Trinajstić information content (AvgIpc) is 3.33. The molecule has 0 fully saturated rings. The predicted molar refractivity (Wildman–Crippen MR) is 117 cm³/mol. The molecular weight excluding hydrogens is 433 g/mol. The Bertz CT molecular complexity index is 1190. The number of nitrogens with zero attached hydrogens (tertiary/aromatic N) is 4. The summed E-state index contributed by atoms with van der Waals surface area (Å²) in [6.45, 7) is 4.11. The van der Waals surface area contributed by atoms with Crippen molar-refractivity contribution in [1.29, 1.82) is 0 Å². The summed E-state index contributed by atoms with van der Waals surface area (Å²) in [6, 6.07) is 10.0. The number of ether oxygens (including phenoxy) is 1. The fourth-order valence-corrected chi connectivity index (χ4v) is 3.08. The Hall–Kier alpha value is -3.95. The second kappa shape index (κ2) is 9.27. The Balaban J connectivity index is 1.47. The molecule has 0 unspecified atom stereocenters. The first-order valence-electron chi connectivity index (χ1n) is 10.2. The quantitative estimate of drug-likeness (QED) is 0.392. The number of anilines is 1. The summed E-state index contributed by atoms with van der Waals surface area (Å²) >= 11 is 0. The molecule has 0 amide bonds. The molecule has 1 aromatic carbocycles. The van der Waals surface area contributed by atoms with Crippen LogP contribution in [0.5, 0.6) is 5.75 Å². The lowest BCUT2D eigenvalue weighted by atomic mass is 10.1. The van der Waals surface area contributed by atoms with Gasteiger partial charge in [-0.2, -0.15) is 18.3 Å². The Labute approximate surface area is 188 Å². The fraction of sp³-hybridized carbons (Fsp3) is 0.217. The van der Waals surface area contributed by atoms with Gasteiger partial charge in [-0.1, -0.05) is 0 Å². The van der Waals surface area contributed by atoms with E-state index >= 15 is 0 Å². The molecular formula is C23H21F3N6O. The third-order valence-electron chi connectivity index (χ3n) is 4.61. The van der Waals surface area contributed by atoms with Gasteiger partial charge in [-0.3, -0.25) is 15.1 Å². The van der Waals surface area contributed by atoms with E-state index < -0.39 is 11.9 Å². The lowest BCUT2D eigenvalue weighted by Crippen LogP contribution is -2.10. The maximum Gasteiger partial charge on any atom is 0.433 e. The summed E-state index contributed by atoms with van der Waals surface area (Å²) in [4.78, 5) is 12.5. The highest BCUT2D eigenvalue weighted by molar-refractivity contribution is 5.64. The summed E-state index contributed by atoms with van der Waals surface area (Å²) < 4.78 is 45.5. The fourth-order valence-electron chi connectivity index (χ4n) is 3.08. The first-order valence-corrected chi connectivity index (χ1v) is 10.2. The monoisotopic (exact) mass is 454 g/mol. The van der Waals surface area contributed by atoms with E-state index in [1.807, 2.05) is 38.1 Å². The van der Waals surface area contributed by atoms with E-state index in [2.05, 4.69) is 30.5 Å². The van der Waals surface area contributed by atoms with Gasteiger partial charge in [0.2, 0.25) is 0 Å². The highest BCUT2D eigenvalue weighted by Gasteiger charge is 2.33. The summed E-state index contributed by atoms with van der Waals surface area (Å²) in [6.07, 6.45) is 1.62. The molecule has 0 aliphatic carbocycles. The zero-order valence-corrected chi connectivity index (χ0v) is 17.9. The second-order valence-electron chi connectivity index (χ2n) is 7.55. The number of halogens is 3. The normalized spacial score (nSPS) is 11.6. The summed E-state index contributed by atoms with van der Waals surface area (Å²) in [5.41, 5.74) is 2.03. The minimum absolute atomic E-state index is 0.0887. The van der Waals surface area contributed by atoms with Crippen LogP contribution in [0.4, 0.5) is 18.9 Å². The third kappa shape index (κ3) is 5.65. The Morgan fingerprint density at radius 3 is 2.36 bits per heavy atom. The molecule has 0 spiro atoms. The van der Waals surface area contributed by atoms with Gasteiger partial charge in [0.05, 0.1) is 48.3 Å². The van der Waals surface area contributed by atoms with Crippen LogP contribution in [0.1, 0.15) is 25.2 Å². The number of hydrogen-bond donors (Lipinski definition) is 2. The van der Waals surface area contributed by atoms with Crippen molar-refractivity contribution in [3.05, 3.63) is 72.6 Å². The standard InChI is InChI=1S/C23H21F3N6O/c1-14(2)33-19-5-3-15(4-6-19)21-13-28-18(12-29-21)11-27-17-7-20(16-9-30-31-10-16)32-22(8-17)23(24,25)26/h3-10,12-14H,11H2,1-2H3,(H,27,32)(H,30,31). The number of alkyl halides is 3. The molecule has 0 saturated heterocycles. The van der Waals surface area contributed by atoms with Crippen LogP contribution in [0.3, 0.4) is 0 Å². The van der Waals surface area contributed by atoms with Crippen LogP contribution in [-0.2, 0) is 12.7 Å². The van der Waals surface area contributed by atoms with Crippen molar-refractivity contribution in [3.8, 4) is 28.3 Å². The molecule has 0 bridgehead atoms. The lowest BCUT2D eigenvalue weighted by molar-refractivity contribution is -0.141. The number of aromatic amines is 1. The van der Waals surface area contributed by atoms with E-state index in [0.29, 0.717) is 17.0 Å². The van der Waals surface area contributed by atoms with E-state index in [-0.39, 0.29) is 24.0 Å². The van der Waals surface area contributed by atoms with E-state index in [9.17, 15) is 13.2 Å². The molecule has 0 aliphatic rings. The minimum Gasteiger partial charge on any atom is -0.491 e. The molecule has 3 heterocycles. The first-order chi connectivity index (χ1) is 15.8. The Kier molecular flexibility index (Phi) is 6.25. The maximum atomic E-state index is 13.3. The molecule has 4 aromatic rings. The topological polar surface area (TPSA) is 88.6 Å². The lowest BCUT2D eigenvalue weighted by Gasteiger charge is -2.12. The number of H-pyrrole nitrogens is 1. The molecule has 0 aliphatic heterocycles. The molecule has 7 nitrogen and oxygen atoms in total. The summed E-state index contributed by atoms with van der Waals surface area (Å²) in [5, 5.41) is 9.32. The summed E-state index contributed by atoms with van der Waals surface area (Å²) in [5.74, 6) is 0.771. The van der Waals surface area contributed by atoms with Gasteiger partial charge in [0.15, 0.2) is 0 Å². The van der Waals surface area contributed by atoms with E-state index in [1.54, 1.807) is 12.4 Å². The third-order valence-corrected chi connectivity index (χ3v) is 4.61. The molecule has 0 saturated carbocycles. The number of pyridine rings is 1. The molecule has 33 heavy (non-hydrogen) atoms. The van der Waals surface area contributed by atoms with E-state index in [1.165, 1.54) is 18.5 Å². The zero-order chi connectivity index (χ0) is 23.4. The van der Waals surface area contributed by atoms with Crippen molar-refractivity contribution in [2.45, 2.75) is 32.7 Å². The van der Waals surface area contributed by atoms with Crippen LogP contribution in [-0.4, -0.2) is 31.3 Å². The highest BCUT2D eigenvalue weighted by Crippen LogP contribution is 2.32. The largest absolute Gasteiger partial charge is 0.491 e. The van der Waals surface area contributed by atoms with Crippen molar-refractivity contribution < 1.29 is 17.9 Å². The Morgan fingerprint density at radius 1 is 0.970 bits per heavy atom. The predicted octanol–water partition coefficient (Wildman–Crippen LogP) is 5.35. The van der Waals surface area contributed by atoms with E-state index in [4.69, 9.17) is 4.74 Å². The van der Waals surface area contributed by atoms with Gasteiger partial charge in [-0.15, -0.1) is 0 Å². The zero-order valence-electron chi connectivity index (χ0n) is 17.9. The van der Waals surface area contributed by atoms with Crippen LogP contribution < -0.4 is 10.1 Å². The van der Waals surface area contributed by atoms with Crippen molar-refractivity contribution in [1.82, 2.24) is 25.1 Å². The molecule has 0 radical (unpaired) electrons. The van der Waals surface area contributed by atoms with Gasteiger partial charge in [0.1, 0.15) is 11.4 Å². The number of benzene rings is 1. The van der Waals surface area contributed by atoms with Crippen LogP contribution in [0.15, 0.2) is 61.2 Å². The first kappa shape index (κ1) is 22.3. The molecule has 170 valence electrons. The van der Waals surface area contributed by atoms with Crippen LogP contribution in [0.2, 0.25) is 0 Å². The number of aromatic nitrogens is 5. The molecule has 3 aromatic heterocycles. The van der Waals surface area contributed by atoms with Crippen LogP contribution >= 0.6 is 0 Å². The van der Waals surface area contributed by atoms with Crippen molar-refractivity contribution in [3.63, 3.8) is 0 Å². The van der Waals surface area contributed by atoms with Crippen LogP contribution in [0, 0.1) is 0 Å². The van der Waals surface area contributed by atoms with E-state index in [0.717, 1.165) is 17.4 Å². The highest BCUT2D eigenvalue weighted by atomic mass is 19.4. The van der Waals surface area contributed by atoms with Gasteiger partial charge in [-0.25, -0.2) is 4.98 Å². The van der Waals surface area contributed by atoms with Crippen molar-refractivity contribution in [2.24, 2.45) is 0 Å². The minimum atomic E-state index is -4.58. The Morgan fingerprint density at radius 2 is 1.76 bits per heavy atom. The second-order valence-corrected chi connectivity index (χ2v) is 7.55. The average molecular weight is 454 g/mol. The molecule has 2 N–H and O–H groups in total. The smallest absolute Gasteiger partial charge is 0.433 e. The van der Waals surface area contributed by atoms with Gasteiger partial charge in [-0.05, 0) is 50.2 Å². The molecule has 4 rings (SSSR count). The number of nitrogens with one attached hydrogen (secondary N) is 2. The molecule has 0 atom stereocenters. The van der Waals surface area contributed by atoms with Crippen molar-refractivity contribution >= 4 is 5.69 Å². The van der Waals surface area contributed by atoms with Gasteiger partial charge in [0, 0.05) is 23.0 Å². The SMILES string of the molecule is CC(C)Oc1ccc(-c2cnc(CNc3cc(-c4cn[nH]c4)nc(C(F)(F)F)c3)cn2)cc1. The van der Waals surface area contributed by atoms with Gasteiger partial charge >= 0.3 is 6.18 Å². The maximum absolute atomic E-state index is 13.3. The molecule has 10 heteroatoms. The van der Waals surface area contributed by atoms with Gasteiger partial charge in [0.25, 0.3) is 0 Å². The summed E-state index contributed by atoms with van der Waals surface area (Å²) in [7, 11) is 0. The van der Waals surface area contributed by atoms with Gasteiger partial charge < -0.3 is 10.1 Å². The van der Waals surface area contributed by atoms with Crippen LogP contribution in [0.25, 0.3) is 22.5 Å². The number of rotatable bonds is 7.